The summed E-state index contributed by atoms with van der Waals surface area (Å²) in [5.74, 6) is -0.0241. The summed E-state index contributed by atoms with van der Waals surface area (Å²) in [4.78, 5) is 26.0. The van der Waals surface area contributed by atoms with Gasteiger partial charge in [0.1, 0.15) is 11.5 Å². The van der Waals surface area contributed by atoms with Gasteiger partial charge in [-0.2, -0.15) is 0 Å². The third kappa shape index (κ3) is 1.49. The molecule has 148 valence electrons. The summed E-state index contributed by atoms with van der Waals surface area (Å²) in [6.07, 6.45) is 0. The van der Waals surface area contributed by atoms with Crippen LogP contribution in [0.15, 0.2) is 70.3 Å². The summed E-state index contributed by atoms with van der Waals surface area (Å²) in [6, 6.07) is 17.9. The number of rotatable bonds is 0. The lowest BCUT2D eigenvalue weighted by Gasteiger charge is -2.23. The zero-order chi connectivity index (χ0) is 21.5. The maximum atomic E-state index is 13.0. The second-order valence-electron chi connectivity index (χ2n) is 8.63. The highest BCUT2D eigenvalue weighted by Gasteiger charge is 2.27. The van der Waals surface area contributed by atoms with Crippen LogP contribution in [0.5, 0.6) is 11.5 Å². The molecule has 0 aromatic heterocycles. The SMILES string of the molecule is O=c1ccc2c3ccc(=O)c4c(O)c5cccc6c7cccc8c(O)c1c2c(c87)c(c56)c43. The van der Waals surface area contributed by atoms with Crippen LogP contribution in [0.2, 0.25) is 0 Å². The quantitative estimate of drug-likeness (QED) is 0.250. The van der Waals surface area contributed by atoms with Gasteiger partial charge in [-0.15, -0.1) is 0 Å². The molecule has 0 saturated carbocycles. The minimum Gasteiger partial charge on any atom is -0.507 e. The molecular formula is C28H12O4. The van der Waals surface area contributed by atoms with Gasteiger partial charge < -0.3 is 10.2 Å². The summed E-state index contributed by atoms with van der Waals surface area (Å²) < 4.78 is 0. The first kappa shape index (κ1) is 16.3. The Morgan fingerprint density at radius 2 is 0.750 bits per heavy atom. The van der Waals surface area contributed by atoms with Crippen molar-refractivity contribution in [1.29, 1.82) is 0 Å². The molecule has 8 rings (SSSR count). The van der Waals surface area contributed by atoms with Crippen molar-refractivity contribution in [2.45, 2.75) is 0 Å². The van der Waals surface area contributed by atoms with Crippen molar-refractivity contribution >= 4 is 75.4 Å². The molecule has 0 aliphatic heterocycles. The Kier molecular flexibility index (Phi) is 2.49. The Balaban J connectivity index is 2.01. The van der Waals surface area contributed by atoms with Crippen LogP contribution in [0.25, 0.3) is 75.4 Å². The minimum atomic E-state index is -0.237. The number of benzene rings is 8. The third-order valence-electron chi connectivity index (χ3n) is 7.28. The minimum absolute atomic E-state index is 0.0120. The molecule has 4 heteroatoms. The van der Waals surface area contributed by atoms with E-state index in [1.54, 1.807) is 12.1 Å². The molecule has 0 heterocycles. The molecule has 2 N–H and O–H groups in total. The van der Waals surface area contributed by atoms with Gasteiger partial charge in [-0.1, -0.05) is 36.4 Å². The molecule has 8 aromatic carbocycles. The molecule has 0 radical (unpaired) electrons. The van der Waals surface area contributed by atoms with Crippen molar-refractivity contribution in [3.63, 3.8) is 0 Å². The molecule has 0 atom stereocenters. The predicted octanol–water partition coefficient (Wildman–Crippen LogP) is 5.64. The van der Waals surface area contributed by atoms with Gasteiger partial charge in [0.15, 0.2) is 10.9 Å². The molecule has 0 amide bonds. The fraction of sp³-hybridized carbons (Fsp3) is 0. The van der Waals surface area contributed by atoms with Crippen LogP contribution in [-0.2, 0) is 0 Å². The average Bonchev–Trinajstić information content (AvgIpc) is 2.81. The molecule has 0 saturated heterocycles. The highest BCUT2D eigenvalue weighted by atomic mass is 16.3. The van der Waals surface area contributed by atoms with E-state index in [1.807, 2.05) is 36.4 Å². The highest BCUT2D eigenvalue weighted by molar-refractivity contribution is 6.49. The fourth-order valence-electron chi connectivity index (χ4n) is 6.11. The average molecular weight is 412 g/mol. The zero-order valence-corrected chi connectivity index (χ0v) is 16.5. The van der Waals surface area contributed by atoms with Crippen molar-refractivity contribution in [2.75, 3.05) is 0 Å². The number of phenols is 2. The van der Waals surface area contributed by atoms with Gasteiger partial charge in [-0.05, 0) is 45.8 Å². The molecule has 0 spiro atoms. The van der Waals surface area contributed by atoms with Gasteiger partial charge in [-0.25, -0.2) is 0 Å². The molecule has 0 bridgehead atoms. The van der Waals surface area contributed by atoms with E-state index in [-0.39, 0.29) is 22.4 Å². The molecule has 0 aliphatic carbocycles. The summed E-state index contributed by atoms with van der Waals surface area (Å²) in [7, 11) is 0. The predicted molar refractivity (Wildman–Crippen MR) is 130 cm³/mol. The van der Waals surface area contributed by atoms with E-state index in [4.69, 9.17) is 0 Å². The van der Waals surface area contributed by atoms with Gasteiger partial charge in [0.05, 0.1) is 10.8 Å². The van der Waals surface area contributed by atoms with Crippen molar-refractivity contribution in [2.24, 2.45) is 0 Å². The summed E-state index contributed by atoms with van der Waals surface area (Å²) >= 11 is 0. The molecule has 0 aliphatic rings. The first-order chi connectivity index (χ1) is 15.6. The molecule has 0 fully saturated rings. The van der Waals surface area contributed by atoms with E-state index >= 15 is 0 Å². The Labute approximate surface area is 178 Å². The largest absolute Gasteiger partial charge is 0.507 e. The summed E-state index contributed by atoms with van der Waals surface area (Å²) in [5.41, 5.74) is -0.474. The van der Waals surface area contributed by atoms with Gasteiger partial charge in [0.25, 0.3) is 0 Å². The Morgan fingerprint density at radius 3 is 1.19 bits per heavy atom. The van der Waals surface area contributed by atoms with Gasteiger partial charge >= 0.3 is 0 Å². The lowest BCUT2D eigenvalue weighted by molar-refractivity contribution is 0.487. The molecule has 0 unspecified atom stereocenters. The lowest BCUT2D eigenvalue weighted by Crippen LogP contribution is -2.05. The van der Waals surface area contributed by atoms with Crippen LogP contribution in [-0.4, -0.2) is 10.2 Å². The van der Waals surface area contributed by atoms with E-state index < -0.39 is 0 Å². The highest BCUT2D eigenvalue weighted by Crippen LogP contribution is 2.53. The second kappa shape index (κ2) is 4.89. The number of hydrogen-bond donors (Lipinski definition) is 2. The van der Waals surface area contributed by atoms with Crippen LogP contribution in [0.4, 0.5) is 0 Å². The van der Waals surface area contributed by atoms with Crippen molar-refractivity contribution < 1.29 is 10.2 Å². The van der Waals surface area contributed by atoms with Gasteiger partial charge in [0, 0.05) is 43.1 Å². The molecule has 8 aromatic rings. The molecular weight excluding hydrogens is 400 g/mol. The monoisotopic (exact) mass is 412 g/mol. The third-order valence-corrected chi connectivity index (χ3v) is 7.28. The van der Waals surface area contributed by atoms with E-state index in [0.717, 1.165) is 43.1 Å². The fourth-order valence-corrected chi connectivity index (χ4v) is 6.11. The smallest absolute Gasteiger partial charge is 0.190 e. The second-order valence-corrected chi connectivity index (χ2v) is 8.63. The van der Waals surface area contributed by atoms with Crippen LogP contribution in [0.1, 0.15) is 0 Å². The maximum Gasteiger partial charge on any atom is 0.190 e. The van der Waals surface area contributed by atoms with E-state index in [0.29, 0.717) is 32.3 Å². The Hall–Kier alpha value is -4.44. The summed E-state index contributed by atoms with van der Waals surface area (Å²) in [5, 5.41) is 32.7. The first-order valence-corrected chi connectivity index (χ1v) is 10.4. The molecule has 4 nitrogen and oxygen atoms in total. The maximum absolute atomic E-state index is 13.0. The van der Waals surface area contributed by atoms with Crippen LogP contribution in [0, 0.1) is 0 Å². The van der Waals surface area contributed by atoms with Gasteiger partial charge in [-0.3, -0.25) is 9.59 Å². The number of aromatic hydroxyl groups is 2. The van der Waals surface area contributed by atoms with Crippen LogP contribution >= 0.6 is 0 Å². The van der Waals surface area contributed by atoms with Crippen LogP contribution < -0.4 is 10.9 Å². The van der Waals surface area contributed by atoms with Crippen molar-refractivity contribution in [3.8, 4) is 11.5 Å². The Bertz CT molecular complexity index is 2040. The lowest BCUT2D eigenvalue weighted by atomic mass is 9.80. The number of hydrogen-bond acceptors (Lipinski definition) is 4. The van der Waals surface area contributed by atoms with E-state index in [1.165, 1.54) is 12.1 Å². The van der Waals surface area contributed by atoms with Crippen molar-refractivity contribution in [1.82, 2.24) is 0 Å². The van der Waals surface area contributed by atoms with Crippen molar-refractivity contribution in [3.05, 3.63) is 81.1 Å². The summed E-state index contributed by atoms with van der Waals surface area (Å²) in [6.45, 7) is 0. The molecule has 32 heavy (non-hydrogen) atoms. The van der Waals surface area contributed by atoms with Crippen LogP contribution in [0.3, 0.4) is 0 Å². The number of phenolic OH excluding ortho intramolecular Hbond substituents is 2. The topological polar surface area (TPSA) is 74.6 Å². The zero-order valence-electron chi connectivity index (χ0n) is 16.5. The first-order valence-electron chi connectivity index (χ1n) is 10.4. The normalized spacial score (nSPS) is 12.9. The van der Waals surface area contributed by atoms with E-state index in [2.05, 4.69) is 0 Å². The Morgan fingerprint density at radius 1 is 0.375 bits per heavy atom. The number of fused-ring (bicyclic) bond motifs is 2. The van der Waals surface area contributed by atoms with E-state index in [9.17, 15) is 19.8 Å². The standard InChI is InChI=1S/C28H12O4/c29-17-9-7-13-14-8-10-18(30)24-22(14)26-20-12(4-2-6-16(20)28(24)32)11-3-1-5-15-19(11)25(26)21(13)23(17)27(15)31/h1-10,31-32H. The van der Waals surface area contributed by atoms with Gasteiger partial charge in [0.2, 0.25) is 0 Å².